The number of piperidine rings is 1. The monoisotopic (exact) mass is 335 g/mol. The van der Waals surface area contributed by atoms with Gasteiger partial charge in [0.25, 0.3) is 5.91 Å². The van der Waals surface area contributed by atoms with Gasteiger partial charge in [0, 0.05) is 37.1 Å². The van der Waals surface area contributed by atoms with Gasteiger partial charge in [-0.3, -0.25) is 9.69 Å². The van der Waals surface area contributed by atoms with Gasteiger partial charge < -0.3 is 9.80 Å². The van der Waals surface area contributed by atoms with Gasteiger partial charge >= 0.3 is 0 Å². The van der Waals surface area contributed by atoms with E-state index < -0.39 is 0 Å². The van der Waals surface area contributed by atoms with Gasteiger partial charge in [-0.2, -0.15) is 11.3 Å². The molecule has 1 aromatic heterocycles. The Hall–Kier alpha value is -0.910. The molecule has 0 aliphatic carbocycles. The molecule has 2 aliphatic heterocycles. The van der Waals surface area contributed by atoms with Gasteiger partial charge in [0.2, 0.25) is 0 Å². The van der Waals surface area contributed by atoms with Crippen LogP contribution >= 0.6 is 11.3 Å². The van der Waals surface area contributed by atoms with Crippen molar-refractivity contribution in [3.63, 3.8) is 0 Å². The van der Waals surface area contributed by atoms with E-state index in [4.69, 9.17) is 0 Å². The Kier molecular flexibility index (Phi) is 5.39. The lowest BCUT2D eigenvalue weighted by Crippen LogP contribution is -2.64. The molecule has 2 saturated heterocycles. The lowest BCUT2D eigenvalue weighted by molar-refractivity contribution is -0.00797. The number of carbonyl (C=O) groups is 1. The highest BCUT2D eigenvalue weighted by Crippen LogP contribution is 2.26. The van der Waals surface area contributed by atoms with Gasteiger partial charge in [-0.25, -0.2) is 0 Å². The molecule has 0 unspecified atom stereocenters. The smallest absolute Gasteiger partial charge is 0.254 e. The summed E-state index contributed by atoms with van der Waals surface area (Å²) in [5, 5.41) is 3.94. The number of hydrogen-bond donors (Lipinski definition) is 0. The third-order valence-corrected chi connectivity index (χ3v) is 5.80. The van der Waals surface area contributed by atoms with Crippen LogP contribution in [0.4, 0.5) is 0 Å². The zero-order chi connectivity index (χ0) is 16.4. The molecule has 128 valence electrons. The van der Waals surface area contributed by atoms with Crippen LogP contribution in [0.5, 0.6) is 0 Å². The zero-order valence-electron chi connectivity index (χ0n) is 14.6. The fourth-order valence-electron chi connectivity index (χ4n) is 3.74. The molecule has 2 aliphatic rings. The largest absolute Gasteiger partial charge is 0.335 e. The average molecular weight is 336 g/mol. The van der Waals surface area contributed by atoms with Crippen LogP contribution in [0.1, 0.15) is 37.0 Å². The molecule has 0 radical (unpaired) electrons. The standard InChI is InChI=1S/C18H29N3OS/c1-14(2)10-21(16-4-7-19(3)8-5-16)17-11-20(12-17)18(22)15-6-9-23-13-15/h6,9,13-14,16-17H,4-5,7-8,10-12H2,1-3H3. The minimum absolute atomic E-state index is 0.204. The highest BCUT2D eigenvalue weighted by atomic mass is 32.1. The van der Waals surface area contributed by atoms with Crippen LogP contribution in [-0.4, -0.2) is 72.5 Å². The molecule has 1 aromatic rings. The van der Waals surface area contributed by atoms with Crippen molar-refractivity contribution in [2.75, 3.05) is 39.8 Å². The molecule has 0 bridgehead atoms. The van der Waals surface area contributed by atoms with E-state index in [0.29, 0.717) is 18.0 Å². The quantitative estimate of drug-likeness (QED) is 0.828. The van der Waals surface area contributed by atoms with Crippen molar-refractivity contribution in [2.45, 2.75) is 38.8 Å². The maximum Gasteiger partial charge on any atom is 0.254 e. The predicted octanol–water partition coefficient (Wildman–Crippen LogP) is 2.62. The van der Waals surface area contributed by atoms with Crippen molar-refractivity contribution in [3.05, 3.63) is 22.4 Å². The summed E-state index contributed by atoms with van der Waals surface area (Å²) in [6, 6.07) is 3.17. The van der Waals surface area contributed by atoms with Crippen LogP contribution < -0.4 is 0 Å². The van der Waals surface area contributed by atoms with Crippen LogP contribution in [-0.2, 0) is 0 Å². The van der Waals surface area contributed by atoms with Gasteiger partial charge in [-0.1, -0.05) is 13.8 Å². The van der Waals surface area contributed by atoms with E-state index in [2.05, 4.69) is 30.7 Å². The summed E-state index contributed by atoms with van der Waals surface area (Å²) in [4.78, 5) is 19.5. The van der Waals surface area contributed by atoms with E-state index in [0.717, 1.165) is 25.2 Å². The maximum absolute atomic E-state index is 12.4. The number of amides is 1. The van der Waals surface area contributed by atoms with Crippen LogP contribution in [0.15, 0.2) is 16.8 Å². The van der Waals surface area contributed by atoms with E-state index in [1.807, 2.05) is 21.7 Å². The van der Waals surface area contributed by atoms with Crippen molar-refractivity contribution in [1.29, 1.82) is 0 Å². The lowest BCUT2D eigenvalue weighted by atomic mass is 9.96. The minimum atomic E-state index is 0.204. The number of likely N-dealkylation sites (tertiary alicyclic amines) is 2. The Balaban J connectivity index is 1.58. The Morgan fingerprint density at radius 3 is 2.57 bits per heavy atom. The number of carbonyl (C=O) groups excluding carboxylic acids is 1. The summed E-state index contributed by atoms with van der Waals surface area (Å²) in [5.41, 5.74) is 0.850. The minimum Gasteiger partial charge on any atom is -0.335 e. The summed E-state index contributed by atoms with van der Waals surface area (Å²) in [6.45, 7) is 9.94. The molecule has 0 atom stereocenters. The van der Waals surface area contributed by atoms with Crippen molar-refractivity contribution in [3.8, 4) is 0 Å². The first-order chi connectivity index (χ1) is 11.0. The molecular weight excluding hydrogens is 306 g/mol. The number of rotatable bonds is 5. The van der Waals surface area contributed by atoms with E-state index >= 15 is 0 Å². The Morgan fingerprint density at radius 2 is 2.00 bits per heavy atom. The van der Waals surface area contributed by atoms with Crippen LogP contribution in [0.2, 0.25) is 0 Å². The van der Waals surface area contributed by atoms with E-state index in [-0.39, 0.29) is 5.91 Å². The summed E-state index contributed by atoms with van der Waals surface area (Å²) < 4.78 is 0. The second-order valence-electron chi connectivity index (χ2n) is 7.50. The maximum atomic E-state index is 12.4. The highest BCUT2D eigenvalue weighted by Gasteiger charge is 2.38. The zero-order valence-corrected chi connectivity index (χ0v) is 15.4. The molecule has 4 nitrogen and oxygen atoms in total. The van der Waals surface area contributed by atoms with Crippen molar-refractivity contribution in [2.24, 2.45) is 5.92 Å². The van der Waals surface area contributed by atoms with Gasteiger partial charge in [0.1, 0.15) is 0 Å². The highest BCUT2D eigenvalue weighted by molar-refractivity contribution is 7.08. The van der Waals surface area contributed by atoms with E-state index in [1.54, 1.807) is 11.3 Å². The van der Waals surface area contributed by atoms with Crippen molar-refractivity contribution in [1.82, 2.24) is 14.7 Å². The van der Waals surface area contributed by atoms with Gasteiger partial charge in [0.15, 0.2) is 0 Å². The third-order valence-electron chi connectivity index (χ3n) is 5.12. The van der Waals surface area contributed by atoms with Gasteiger partial charge in [0.05, 0.1) is 5.56 Å². The van der Waals surface area contributed by atoms with Crippen LogP contribution in [0.3, 0.4) is 0 Å². The molecule has 5 heteroatoms. The third kappa shape index (κ3) is 3.95. The van der Waals surface area contributed by atoms with Crippen LogP contribution in [0.25, 0.3) is 0 Å². The number of thiophene rings is 1. The molecule has 0 N–H and O–H groups in total. The van der Waals surface area contributed by atoms with E-state index in [1.165, 1.54) is 25.9 Å². The molecule has 0 spiro atoms. The Morgan fingerprint density at radius 1 is 1.30 bits per heavy atom. The predicted molar refractivity (Wildman–Crippen MR) is 96.1 cm³/mol. The summed E-state index contributed by atoms with van der Waals surface area (Å²) in [7, 11) is 2.22. The Bertz CT molecular complexity index is 502. The van der Waals surface area contributed by atoms with E-state index in [9.17, 15) is 4.79 Å². The summed E-state index contributed by atoms with van der Waals surface area (Å²) >= 11 is 1.60. The van der Waals surface area contributed by atoms with Crippen molar-refractivity contribution < 1.29 is 4.79 Å². The summed E-state index contributed by atoms with van der Waals surface area (Å²) in [5.74, 6) is 0.881. The van der Waals surface area contributed by atoms with Gasteiger partial charge in [-0.15, -0.1) is 0 Å². The normalized spacial score (nSPS) is 21.2. The second-order valence-corrected chi connectivity index (χ2v) is 8.28. The number of hydrogen-bond acceptors (Lipinski definition) is 4. The first kappa shape index (κ1) is 16.9. The molecule has 23 heavy (non-hydrogen) atoms. The van der Waals surface area contributed by atoms with Crippen molar-refractivity contribution >= 4 is 17.2 Å². The first-order valence-corrected chi connectivity index (χ1v) is 9.74. The molecule has 1 amide bonds. The first-order valence-electron chi connectivity index (χ1n) is 8.80. The molecule has 3 heterocycles. The average Bonchev–Trinajstić information content (AvgIpc) is 2.99. The topological polar surface area (TPSA) is 26.8 Å². The summed E-state index contributed by atoms with van der Waals surface area (Å²) in [6.07, 6.45) is 2.52. The van der Waals surface area contributed by atoms with Gasteiger partial charge in [-0.05, 0) is 50.3 Å². The molecular formula is C18H29N3OS. The lowest BCUT2D eigenvalue weighted by Gasteiger charge is -2.50. The number of nitrogens with zero attached hydrogens (tertiary/aromatic N) is 3. The Labute approximate surface area is 144 Å². The fourth-order valence-corrected chi connectivity index (χ4v) is 4.37. The molecule has 2 fully saturated rings. The SMILES string of the molecule is CC(C)CN(C1CCN(C)CC1)C1CN(C(=O)c2ccsc2)C1. The second kappa shape index (κ2) is 7.32. The molecule has 0 saturated carbocycles. The van der Waals surface area contributed by atoms with Crippen LogP contribution in [0, 0.1) is 5.92 Å². The molecule has 3 rings (SSSR count). The fraction of sp³-hybridized carbons (Fsp3) is 0.722. The molecule has 0 aromatic carbocycles.